The zero-order chi connectivity index (χ0) is 14.5. The van der Waals surface area contributed by atoms with Gasteiger partial charge >= 0.3 is 0 Å². The molecular formula is C17H25N3. The van der Waals surface area contributed by atoms with Crippen molar-refractivity contribution in [1.29, 1.82) is 0 Å². The van der Waals surface area contributed by atoms with Gasteiger partial charge in [-0.15, -0.1) is 0 Å². The Morgan fingerprint density at radius 1 is 1.15 bits per heavy atom. The smallest absolute Gasteiger partial charge is 0.124 e. The van der Waals surface area contributed by atoms with Crippen LogP contribution in [0.1, 0.15) is 37.1 Å². The molecule has 0 spiro atoms. The molecule has 0 radical (unpaired) electrons. The highest BCUT2D eigenvalue weighted by atomic mass is 15.3. The van der Waals surface area contributed by atoms with Crippen LogP contribution in [0.2, 0.25) is 0 Å². The molecule has 0 aliphatic carbocycles. The number of nitrogens with zero attached hydrogens (tertiary/aromatic N) is 2. The van der Waals surface area contributed by atoms with Crippen LogP contribution >= 0.6 is 0 Å². The average Bonchev–Trinajstić information content (AvgIpc) is 2.67. The normalized spacial score (nSPS) is 11.2. The van der Waals surface area contributed by atoms with Gasteiger partial charge in [-0.25, -0.2) is 0 Å². The summed E-state index contributed by atoms with van der Waals surface area (Å²) >= 11 is 0. The summed E-state index contributed by atoms with van der Waals surface area (Å²) in [6, 6.07) is 10.6. The standard InChI is InChI=1S/C17H25N3/c1-13(2)12-15-16(19-20(3)17(15)18)11-7-10-14-8-5-4-6-9-14/h4-6,8-9,13H,7,10-12,18H2,1-3H3. The van der Waals surface area contributed by atoms with Crippen molar-refractivity contribution in [2.24, 2.45) is 13.0 Å². The summed E-state index contributed by atoms with van der Waals surface area (Å²) in [5.41, 5.74) is 9.95. The van der Waals surface area contributed by atoms with Crippen molar-refractivity contribution < 1.29 is 0 Å². The Balaban J connectivity index is 2.00. The first kappa shape index (κ1) is 14.6. The number of anilines is 1. The Morgan fingerprint density at radius 2 is 1.85 bits per heavy atom. The highest BCUT2D eigenvalue weighted by Gasteiger charge is 2.14. The molecule has 2 N–H and O–H groups in total. The maximum atomic E-state index is 6.14. The van der Waals surface area contributed by atoms with Crippen molar-refractivity contribution in [3.8, 4) is 0 Å². The van der Waals surface area contributed by atoms with Gasteiger partial charge < -0.3 is 5.73 Å². The Hall–Kier alpha value is -1.77. The Bertz CT molecular complexity index is 541. The molecule has 108 valence electrons. The fraction of sp³-hybridized carbons (Fsp3) is 0.471. The second-order valence-electron chi connectivity index (χ2n) is 5.87. The van der Waals surface area contributed by atoms with Crippen molar-refractivity contribution in [3.63, 3.8) is 0 Å². The number of hydrogen-bond acceptors (Lipinski definition) is 2. The molecule has 0 aliphatic rings. The number of hydrogen-bond donors (Lipinski definition) is 1. The molecule has 20 heavy (non-hydrogen) atoms. The molecule has 3 nitrogen and oxygen atoms in total. The summed E-state index contributed by atoms with van der Waals surface area (Å²) in [4.78, 5) is 0. The largest absolute Gasteiger partial charge is 0.384 e. The summed E-state index contributed by atoms with van der Waals surface area (Å²) in [6.07, 6.45) is 4.23. The van der Waals surface area contributed by atoms with E-state index in [2.05, 4.69) is 49.3 Å². The highest BCUT2D eigenvalue weighted by Crippen LogP contribution is 2.21. The molecule has 0 fully saturated rings. The van der Waals surface area contributed by atoms with Crippen LogP contribution in [0.25, 0.3) is 0 Å². The topological polar surface area (TPSA) is 43.8 Å². The molecule has 0 atom stereocenters. The molecule has 1 aromatic heterocycles. The predicted octanol–water partition coefficient (Wildman–Crippen LogP) is 3.38. The second kappa shape index (κ2) is 6.60. The van der Waals surface area contributed by atoms with E-state index >= 15 is 0 Å². The van der Waals surface area contributed by atoms with Gasteiger partial charge in [-0.3, -0.25) is 4.68 Å². The van der Waals surface area contributed by atoms with E-state index in [1.165, 1.54) is 16.8 Å². The lowest BCUT2D eigenvalue weighted by atomic mass is 9.99. The third kappa shape index (κ3) is 3.62. The minimum Gasteiger partial charge on any atom is -0.384 e. The van der Waals surface area contributed by atoms with Gasteiger partial charge in [-0.1, -0.05) is 44.2 Å². The molecule has 2 aromatic rings. The van der Waals surface area contributed by atoms with Crippen LogP contribution in [0.15, 0.2) is 30.3 Å². The number of aryl methyl sites for hydroxylation is 3. The third-order valence-corrected chi connectivity index (χ3v) is 3.61. The predicted molar refractivity (Wildman–Crippen MR) is 84.6 cm³/mol. The molecule has 0 amide bonds. The first-order valence-corrected chi connectivity index (χ1v) is 7.42. The van der Waals surface area contributed by atoms with E-state index in [-0.39, 0.29) is 0 Å². The van der Waals surface area contributed by atoms with E-state index in [4.69, 9.17) is 5.73 Å². The van der Waals surface area contributed by atoms with Gasteiger partial charge in [0.2, 0.25) is 0 Å². The van der Waals surface area contributed by atoms with E-state index in [0.717, 1.165) is 31.5 Å². The summed E-state index contributed by atoms with van der Waals surface area (Å²) in [5, 5.41) is 4.59. The van der Waals surface area contributed by atoms with Crippen molar-refractivity contribution in [1.82, 2.24) is 9.78 Å². The second-order valence-corrected chi connectivity index (χ2v) is 5.87. The van der Waals surface area contributed by atoms with Gasteiger partial charge in [0.25, 0.3) is 0 Å². The minimum absolute atomic E-state index is 0.606. The molecule has 0 bridgehead atoms. The lowest BCUT2D eigenvalue weighted by molar-refractivity contribution is 0.641. The van der Waals surface area contributed by atoms with Crippen LogP contribution in [0.3, 0.4) is 0 Å². The Kier molecular flexibility index (Phi) is 4.83. The number of nitrogen functional groups attached to an aromatic ring is 1. The third-order valence-electron chi connectivity index (χ3n) is 3.61. The van der Waals surface area contributed by atoms with E-state index < -0.39 is 0 Å². The number of benzene rings is 1. The summed E-state index contributed by atoms with van der Waals surface area (Å²) in [6.45, 7) is 4.44. The summed E-state index contributed by atoms with van der Waals surface area (Å²) < 4.78 is 1.82. The molecule has 0 unspecified atom stereocenters. The van der Waals surface area contributed by atoms with Crippen LogP contribution in [0, 0.1) is 5.92 Å². The van der Waals surface area contributed by atoms with Gasteiger partial charge in [-0.2, -0.15) is 5.10 Å². The maximum absolute atomic E-state index is 6.14. The molecule has 0 saturated carbocycles. The van der Waals surface area contributed by atoms with Crippen LogP contribution in [-0.2, 0) is 26.3 Å². The van der Waals surface area contributed by atoms with Crippen molar-refractivity contribution in [3.05, 3.63) is 47.2 Å². The van der Waals surface area contributed by atoms with E-state index in [0.29, 0.717) is 5.92 Å². The van der Waals surface area contributed by atoms with Gasteiger partial charge in [0.05, 0.1) is 5.69 Å². The summed E-state index contributed by atoms with van der Waals surface area (Å²) in [7, 11) is 1.93. The zero-order valence-electron chi connectivity index (χ0n) is 12.8. The quantitative estimate of drug-likeness (QED) is 0.875. The van der Waals surface area contributed by atoms with E-state index in [1.807, 2.05) is 11.7 Å². The van der Waals surface area contributed by atoms with E-state index in [1.54, 1.807) is 0 Å². The zero-order valence-corrected chi connectivity index (χ0v) is 12.8. The molecule has 1 aromatic carbocycles. The fourth-order valence-electron chi connectivity index (χ4n) is 2.57. The van der Waals surface area contributed by atoms with Crippen molar-refractivity contribution in [2.45, 2.75) is 39.5 Å². The molecule has 1 heterocycles. The monoisotopic (exact) mass is 271 g/mol. The lowest BCUT2D eigenvalue weighted by Crippen LogP contribution is -2.02. The lowest BCUT2D eigenvalue weighted by Gasteiger charge is -2.07. The van der Waals surface area contributed by atoms with E-state index in [9.17, 15) is 0 Å². The van der Waals surface area contributed by atoms with Gasteiger partial charge in [0, 0.05) is 12.6 Å². The van der Waals surface area contributed by atoms with Crippen LogP contribution in [0.4, 0.5) is 5.82 Å². The fourth-order valence-corrected chi connectivity index (χ4v) is 2.57. The number of aromatic nitrogens is 2. The minimum atomic E-state index is 0.606. The average molecular weight is 271 g/mol. The Morgan fingerprint density at radius 3 is 2.50 bits per heavy atom. The molecular weight excluding hydrogens is 246 g/mol. The van der Waals surface area contributed by atoms with Gasteiger partial charge in [0.15, 0.2) is 0 Å². The highest BCUT2D eigenvalue weighted by molar-refractivity contribution is 5.43. The number of nitrogens with two attached hydrogens (primary N) is 1. The molecule has 0 aliphatic heterocycles. The maximum Gasteiger partial charge on any atom is 0.124 e. The number of rotatable bonds is 6. The van der Waals surface area contributed by atoms with Crippen molar-refractivity contribution >= 4 is 5.82 Å². The van der Waals surface area contributed by atoms with Crippen LogP contribution < -0.4 is 5.73 Å². The molecule has 3 heteroatoms. The Labute approximate surface area is 121 Å². The molecule has 2 rings (SSSR count). The van der Waals surface area contributed by atoms with Crippen molar-refractivity contribution in [2.75, 3.05) is 5.73 Å². The van der Waals surface area contributed by atoms with Gasteiger partial charge in [0.1, 0.15) is 5.82 Å². The first-order valence-electron chi connectivity index (χ1n) is 7.42. The van der Waals surface area contributed by atoms with Crippen LogP contribution in [0.5, 0.6) is 0 Å². The van der Waals surface area contributed by atoms with Crippen LogP contribution in [-0.4, -0.2) is 9.78 Å². The molecule has 0 saturated heterocycles. The summed E-state index contributed by atoms with van der Waals surface area (Å²) in [5.74, 6) is 1.43. The SMILES string of the molecule is CC(C)Cc1c(CCCc2ccccc2)nn(C)c1N. The first-order chi connectivity index (χ1) is 9.58. The van der Waals surface area contributed by atoms with Gasteiger partial charge in [-0.05, 0) is 37.2 Å².